The molecule has 0 radical (unpaired) electrons. The Bertz CT molecular complexity index is 769. The predicted octanol–water partition coefficient (Wildman–Crippen LogP) is 4.70. The summed E-state index contributed by atoms with van der Waals surface area (Å²) in [5.41, 5.74) is 0.870. The Morgan fingerprint density at radius 2 is 1.92 bits per heavy atom. The topological polar surface area (TPSA) is 68.3 Å². The fraction of sp³-hybridized carbons (Fsp3) is 0.316. The van der Waals surface area contributed by atoms with E-state index in [1.165, 1.54) is 12.3 Å². The number of nitrogens with zero attached hydrogens (tertiary/aromatic N) is 1. The minimum Gasteiger partial charge on any atom is -0.455 e. The van der Waals surface area contributed by atoms with Crippen LogP contribution in [-0.2, 0) is 14.3 Å². The number of pyridine rings is 1. The lowest BCUT2D eigenvalue weighted by Crippen LogP contribution is -2.27. The van der Waals surface area contributed by atoms with Crippen molar-refractivity contribution in [1.29, 1.82) is 0 Å². The maximum Gasteiger partial charge on any atom is 0.314 e. The van der Waals surface area contributed by atoms with Crippen LogP contribution in [0.5, 0.6) is 0 Å². The van der Waals surface area contributed by atoms with Gasteiger partial charge in [0.25, 0.3) is 5.91 Å². The maximum absolute atomic E-state index is 12.6. The second kappa shape index (κ2) is 9.55. The molecule has 0 aliphatic carbocycles. The van der Waals surface area contributed by atoms with Crippen LogP contribution in [0.25, 0.3) is 0 Å². The smallest absolute Gasteiger partial charge is 0.314 e. The molecule has 0 unspecified atom stereocenters. The molecule has 7 heteroatoms. The number of carbonyl (C=O) groups excluding carboxylic acids is 2. The highest BCUT2D eigenvalue weighted by atomic mass is 35.5. The second-order valence-corrected chi connectivity index (χ2v) is 6.76. The molecule has 0 fully saturated rings. The molecule has 2 atom stereocenters. The van der Waals surface area contributed by atoms with Crippen LogP contribution >= 0.6 is 23.2 Å². The Kier molecular flexibility index (Phi) is 7.42. The van der Waals surface area contributed by atoms with Crippen molar-refractivity contribution >= 4 is 40.9 Å². The Hall–Kier alpha value is -2.11. The lowest BCUT2D eigenvalue weighted by molar-refractivity contribution is -0.150. The number of aromatic nitrogens is 1. The number of rotatable bonds is 7. The normalized spacial score (nSPS) is 12.9. The molecule has 2 rings (SSSR count). The van der Waals surface area contributed by atoms with Gasteiger partial charge in [0.2, 0.25) is 0 Å². The first-order chi connectivity index (χ1) is 12.4. The van der Waals surface area contributed by atoms with E-state index < -0.39 is 24.4 Å². The monoisotopic (exact) mass is 394 g/mol. The minimum absolute atomic E-state index is 0.0836. The van der Waals surface area contributed by atoms with E-state index in [-0.39, 0.29) is 16.8 Å². The number of amides is 1. The summed E-state index contributed by atoms with van der Waals surface area (Å²) in [6.45, 7) is 3.57. The van der Waals surface area contributed by atoms with E-state index in [0.717, 1.165) is 12.0 Å². The van der Waals surface area contributed by atoms with E-state index in [1.54, 1.807) is 0 Å². The predicted molar refractivity (Wildman–Crippen MR) is 102 cm³/mol. The van der Waals surface area contributed by atoms with Crippen LogP contribution in [0, 0.1) is 5.92 Å². The van der Waals surface area contributed by atoms with Gasteiger partial charge in [-0.3, -0.25) is 9.59 Å². The van der Waals surface area contributed by atoms with Crippen molar-refractivity contribution in [2.24, 2.45) is 5.92 Å². The van der Waals surface area contributed by atoms with Gasteiger partial charge in [0, 0.05) is 6.20 Å². The summed E-state index contributed by atoms with van der Waals surface area (Å²) in [4.78, 5) is 28.5. The number of hydrogen-bond donors (Lipinski definition) is 1. The molecule has 1 amide bonds. The molecule has 0 aliphatic rings. The second-order valence-electron chi connectivity index (χ2n) is 5.91. The van der Waals surface area contributed by atoms with E-state index in [1.807, 2.05) is 44.2 Å². The highest BCUT2D eigenvalue weighted by Gasteiger charge is 2.27. The molecule has 0 saturated carbocycles. The minimum atomic E-state index is -0.522. The van der Waals surface area contributed by atoms with E-state index in [4.69, 9.17) is 27.9 Å². The van der Waals surface area contributed by atoms with Crippen LogP contribution in [0.4, 0.5) is 5.82 Å². The van der Waals surface area contributed by atoms with Gasteiger partial charge < -0.3 is 10.1 Å². The summed E-state index contributed by atoms with van der Waals surface area (Å²) in [7, 11) is 0. The number of ether oxygens (including phenoxy) is 1. The number of hydrogen-bond acceptors (Lipinski definition) is 4. The van der Waals surface area contributed by atoms with Gasteiger partial charge in [-0.25, -0.2) is 4.98 Å². The van der Waals surface area contributed by atoms with E-state index in [2.05, 4.69) is 10.3 Å². The van der Waals surface area contributed by atoms with E-state index in [9.17, 15) is 9.59 Å². The van der Waals surface area contributed by atoms with Gasteiger partial charge in [-0.05, 0) is 17.5 Å². The molecule has 138 valence electrons. The molecule has 0 spiro atoms. The molecule has 1 aromatic carbocycles. The van der Waals surface area contributed by atoms with Gasteiger partial charge in [-0.2, -0.15) is 0 Å². The first kappa shape index (κ1) is 20.2. The van der Waals surface area contributed by atoms with Crippen LogP contribution in [-0.4, -0.2) is 23.5 Å². The number of esters is 1. The zero-order chi connectivity index (χ0) is 19.1. The third-order valence-electron chi connectivity index (χ3n) is 4.04. The molecule has 1 aromatic heterocycles. The lowest BCUT2D eigenvalue weighted by atomic mass is 9.86. The average Bonchev–Trinajstić information content (AvgIpc) is 2.63. The zero-order valence-electron chi connectivity index (χ0n) is 14.5. The van der Waals surface area contributed by atoms with E-state index >= 15 is 0 Å². The highest BCUT2D eigenvalue weighted by molar-refractivity contribution is 6.36. The summed E-state index contributed by atoms with van der Waals surface area (Å²) in [5.74, 6) is -1.13. The number of nitrogens with one attached hydrogen (secondary N) is 1. The number of halogens is 2. The van der Waals surface area contributed by atoms with Gasteiger partial charge in [0.1, 0.15) is 0 Å². The lowest BCUT2D eigenvalue weighted by Gasteiger charge is -2.21. The Labute approximate surface area is 162 Å². The van der Waals surface area contributed by atoms with Gasteiger partial charge >= 0.3 is 5.97 Å². The molecule has 2 aromatic rings. The Morgan fingerprint density at radius 1 is 1.23 bits per heavy atom. The molecule has 1 heterocycles. The average molecular weight is 395 g/mol. The van der Waals surface area contributed by atoms with Crippen LogP contribution in [0.2, 0.25) is 10.0 Å². The molecular formula is C19H20Cl2N2O3. The first-order valence-electron chi connectivity index (χ1n) is 8.24. The maximum atomic E-state index is 12.6. The van der Waals surface area contributed by atoms with Gasteiger partial charge in [-0.15, -0.1) is 0 Å². The SMILES string of the molecule is CC[C@H](C)[C@@H](C(=O)OCC(=O)Nc1ncc(Cl)cc1Cl)c1ccccc1. The third kappa shape index (κ3) is 5.44. The molecule has 0 saturated heterocycles. The van der Waals surface area contributed by atoms with E-state index in [0.29, 0.717) is 5.02 Å². The number of benzene rings is 1. The van der Waals surface area contributed by atoms with Crippen molar-refractivity contribution in [1.82, 2.24) is 4.98 Å². The molecular weight excluding hydrogens is 375 g/mol. The summed E-state index contributed by atoms with van der Waals surface area (Å²) in [6, 6.07) is 10.9. The Balaban J connectivity index is 1.99. The Morgan fingerprint density at radius 3 is 2.54 bits per heavy atom. The number of anilines is 1. The molecule has 0 aliphatic heterocycles. The quantitative estimate of drug-likeness (QED) is 0.690. The van der Waals surface area contributed by atoms with Crippen molar-refractivity contribution < 1.29 is 14.3 Å². The van der Waals surface area contributed by atoms with Crippen molar-refractivity contribution in [3.8, 4) is 0 Å². The van der Waals surface area contributed by atoms with Crippen LogP contribution < -0.4 is 5.32 Å². The fourth-order valence-corrected chi connectivity index (χ4v) is 2.92. The van der Waals surface area contributed by atoms with Crippen molar-refractivity contribution in [3.05, 3.63) is 58.2 Å². The largest absolute Gasteiger partial charge is 0.455 e. The molecule has 26 heavy (non-hydrogen) atoms. The van der Waals surface area contributed by atoms with Crippen LogP contribution in [0.3, 0.4) is 0 Å². The standard InChI is InChI=1S/C19H20Cl2N2O3/c1-3-12(2)17(13-7-5-4-6-8-13)19(25)26-11-16(24)23-18-15(21)9-14(20)10-22-18/h4-10,12,17H,3,11H2,1-2H3,(H,22,23,24)/t12-,17+/m0/s1. The van der Waals surface area contributed by atoms with Crippen molar-refractivity contribution in [2.75, 3.05) is 11.9 Å². The van der Waals surface area contributed by atoms with Crippen molar-refractivity contribution in [2.45, 2.75) is 26.2 Å². The van der Waals surface area contributed by atoms with Gasteiger partial charge in [0.05, 0.1) is 16.0 Å². The third-order valence-corrected chi connectivity index (χ3v) is 4.53. The summed E-state index contributed by atoms with van der Waals surface area (Å²) >= 11 is 11.7. The van der Waals surface area contributed by atoms with Crippen molar-refractivity contribution in [3.63, 3.8) is 0 Å². The van der Waals surface area contributed by atoms with Gasteiger partial charge in [-0.1, -0.05) is 73.8 Å². The summed E-state index contributed by atoms with van der Waals surface area (Å²) < 4.78 is 5.23. The summed E-state index contributed by atoms with van der Waals surface area (Å²) in [5, 5.41) is 3.06. The van der Waals surface area contributed by atoms with Gasteiger partial charge in [0.15, 0.2) is 12.4 Å². The first-order valence-corrected chi connectivity index (χ1v) is 9.00. The molecule has 0 bridgehead atoms. The van der Waals surface area contributed by atoms with Crippen LogP contribution in [0.15, 0.2) is 42.6 Å². The number of carbonyl (C=O) groups is 2. The zero-order valence-corrected chi connectivity index (χ0v) is 16.1. The fourth-order valence-electron chi connectivity index (χ4n) is 2.49. The highest BCUT2D eigenvalue weighted by Crippen LogP contribution is 2.28. The molecule has 5 nitrogen and oxygen atoms in total. The summed E-state index contributed by atoms with van der Waals surface area (Å²) in [6.07, 6.45) is 2.18. The van der Waals surface area contributed by atoms with Crippen LogP contribution in [0.1, 0.15) is 31.7 Å². The molecule has 1 N–H and O–H groups in total.